The van der Waals surface area contributed by atoms with Gasteiger partial charge < -0.3 is 10.2 Å². The SMILES string of the molecule is Cc1cc(C(C)O)c(O)c(Br)c1C. The summed E-state index contributed by atoms with van der Waals surface area (Å²) in [5.41, 5.74) is 2.62. The molecule has 0 aliphatic rings. The van der Waals surface area contributed by atoms with Crippen LogP contribution in [-0.4, -0.2) is 10.2 Å². The molecule has 0 spiro atoms. The Balaban J connectivity index is 3.41. The number of aliphatic hydroxyl groups is 1. The van der Waals surface area contributed by atoms with Crippen LogP contribution in [-0.2, 0) is 0 Å². The molecule has 2 nitrogen and oxygen atoms in total. The van der Waals surface area contributed by atoms with E-state index in [9.17, 15) is 10.2 Å². The number of hydrogen-bond donors (Lipinski definition) is 2. The van der Waals surface area contributed by atoms with Crippen molar-refractivity contribution in [2.24, 2.45) is 0 Å². The van der Waals surface area contributed by atoms with Crippen molar-refractivity contribution in [1.82, 2.24) is 0 Å². The molecule has 0 bridgehead atoms. The van der Waals surface area contributed by atoms with E-state index in [2.05, 4.69) is 15.9 Å². The van der Waals surface area contributed by atoms with Crippen LogP contribution < -0.4 is 0 Å². The number of aliphatic hydroxyl groups excluding tert-OH is 1. The minimum atomic E-state index is -0.643. The summed E-state index contributed by atoms with van der Waals surface area (Å²) in [4.78, 5) is 0. The number of aryl methyl sites for hydroxylation is 1. The average molecular weight is 245 g/mol. The first-order chi connectivity index (χ1) is 5.95. The van der Waals surface area contributed by atoms with Crippen LogP contribution in [0.15, 0.2) is 10.5 Å². The first kappa shape index (κ1) is 10.5. The molecule has 0 aromatic heterocycles. The quantitative estimate of drug-likeness (QED) is 0.798. The molecule has 13 heavy (non-hydrogen) atoms. The van der Waals surface area contributed by atoms with Crippen molar-refractivity contribution in [2.45, 2.75) is 26.9 Å². The van der Waals surface area contributed by atoms with Gasteiger partial charge in [0.25, 0.3) is 0 Å². The summed E-state index contributed by atoms with van der Waals surface area (Å²) in [6.45, 7) is 5.51. The lowest BCUT2D eigenvalue weighted by atomic mass is 10.0. The number of phenolic OH excluding ortho intramolecular Hbond substituents is 1. The van der Waals surface area contributed by atoms with Gasteiger partial charge in [-0.15, -0.1) is 0 Å². The fraction of sp³-hybridized carbons (Fsp3) is 0.400. The molecule has 1 aromatic rings. The Morgan fingerprint density at radius 1 is 1.38 bits per heavy atom. The second-order valence-electron chi connectivity index (χ2n) is 3.25. The lowest BCUT2D eigenvalue weighted by molar-refractivity contribution is 0.194. The summed E-state index contributed by atoms with van der Waals surface area (Å²) in [6, 6.07) is 1.81. The second kappa shape index (κ2) is 3.68. The maximum absolute atomic E-state index is 9.67. The van der Waals surface area contributed by atoms with Gasteiger partial charge in [0.1, 0.15) is 5.75 Å². The Morgan fingerprint density at radius 3 is 2.38 bits per heavy atom. The van der Waals surface area contributed by atoms with Crippen LogP contribution in [0.25, 0.3) is 0 Å². The molecule has 0 saturated carbocycles. The Hall–Kier alpha value is -0.540. The van der Waals surface area contributed by atoms with E-state index in [1.807, 2.05) is 13.8 Å². The van der Waals surface area contributed by atoms with Crippen molar-refractivity contribution in [3.8, 4) is 5.75 Å². The number of halogens is 1. The Morgan fingerprint density at radius 2 is 1.92 bits per heavy atom. The summed E-state index contributed by atoms with van der Waals surface area (Å²) < 4.78 is 0.670. The fourth-order valence-electron chi connectivity index (χ4n) is 1.21. The highest BCUT2D eigenvalue weighted by atomic mass is 79.9. The molecule has 1 atom stereocenters. The van der Waals surface area contributed by atoms with Gasteiger partial charge in [-0.25, -0.2) is 0 Å². The zero-order valence-corrected chi connectivity index (χ0v) is 9.51. The summed E-state index contributed by atoms with van der Waals surface area (Å²) in [5, 5.41) is 19.0. The molecule has 1 rings (SSSR count). The Bertz CT molecular complexity index is 332. The minimum Gasteiger partial charge on any atom is -0.506 e. The molecule has 0 saturated heterocycles. The first-order valence-corrected chi connectivity index (χ1v) is 4.91. The molecular weight excluding hydrogens is 232 g/mol. The number of phenols is 1. The van der Waals surface area contributed by atoms with Crippen LogP contribution in [0, 0.1) is 13.8 Å². The van der Waals surface area contributed by atoms with Crippen LogP contribution in [0.1, 0.15) is 29.7 Å². The molecule has 0 radical (unpaired) electrons. The highest BCUT2D eigenvalue weighted by molar-refractivity contribution is 9.10. The normalized spacial score (nSPS) is 13.0. The monoisotopic (exact) mass is 244 g/mol. The van der Waals surface area contributed by atoms with Crippen molar-refractivity contribution in [3.05, 3.63) is 27.2 Å². The van der Waals surface area contributed by atoms with Crippen molar-refractivity contribution < 1.29 is 10.2 Å². The highest BCUT2D eigenvalue weighted by Crippen LogP contribution is 2.36. The predicted molar refractivity (Wildman–Crippen MR) is 55.9 cm³/mol. The fourth-order valence-corrected chi connectivity index (χ4v) is 1.75. The van der Waals surface area contributed by atoms with Crippen molar-refractivity contribution in [1.29, 1.82) is 0 Å². The number of rotatable bonds is 1. The highest BCUT2D eigenvalue weighted by Gasteiger charge is 2.13. The molecule has 72 valence electrons. The van der Waals surface area contributed by atoms with Crippen LogP contribution in [0.4, 0.5) is 0 Å². The van der Waals surface area contributed by atoms with Gasteiger partial charge in [0.2, 0.25) is 0 Å². The van der Waals surface area contributed by atoms with Crippen LogP contribution >= 0.6 is 15.9 Å². The van der Waals surface area contributed by atoms with Gasteiger partial charge in [-0.1, -0.05) is 0 Å². The molecule has 1 aromatic carbocycles. The average Bonchev–Trinajstić information content (AvgIpc) is 2.07. The third-order valence-electron chi connectivity index (χ3n) is 2.22. The largest absolute Gasteiger partial charge is 0.506 e. The van der Waals surface area contributed by atoms with Crippen molar-refractivity contribution in [2.75, 3.05) is 0 Å². The van der Waals surface area contributed by atoms with Gasteiger partial charge in [-0.3, -0.25) is 0 Å². The number of hydrogen-bond acceptors (Lipinski definition) is 2. The summed E-state index contributed by atoms with van der Waals surface area (Å²) >= 11 is 3.29. The third-order valence-corrected chi connectivity index (χ3v) is 3.19. The second-order valence-corrected chi connectivity index (χ2v) is 4.04. The zero-order valence-electron chi connectivity index (χ0n) is 7.93. The van der Waals surface area contributed by atoms with Crippen LogP contribution in [0.2, 0.25) is 0 Å². The van der Waals surface area contributed by atoms with E-state index in [1.54, 1.807) is 13.0 Å². The van der Waals surface area contributed by atoms with E-state index in [0.29, 0.717) is 10.0 Å². The molecule has 1 unspecified atom stereocenters. The van der Waals surface area contributed by atoms with E-state index in [4.69, 9.17) is 0 Å². The van der Waals surface area contributed by atoms with Gasteiger partial charge in [-0.2, -0.15) is 0 Å². The number of aromatic hydroxyl groups is 1. The molecule has 3 heteroatoms. The molecule has 0 heterocycles. The van der Waals surface area contributed by atoms with E-state index in [-0.39, 0.29) is 5.75 Å². The topological polar surface area (TPSA) is 40.5 Å². The molecule has 0 amide bonds. The third kappa shape index (κ3) is 1.86. The molecule has 0 aliphatic heterocycles. The summed E-state index contributed by atoms with van der Waals surface area (Å²) in [7, 11) is 0. The maximum atomic E-state index is 9.67. The van der Waals surface area contributed by atoms with Gasteiger partial charge in [0.15, 0.2) is 0 Å². The van der Waals surface area contributed by atoms with Crippen LogP contribution in [0.5, 0.6) is 5.75 Å². The molecular formula is C10H13BrO2. The maximum Gasteiger partial charge on any atom is 0.135 e. The molecule has 0 fully saturated rings. The first-order valence-electron chi connectivity index (χ1n) is 4.11. The van der Waals surface area contributed by atoms with Crippen molar-refractivity contribution in [3.63, 3.8) is 0 Å². The van der Waals surface area contributed by atoms with E-state index in [0.717, 1.165) is 11.1 Å². The summed E-state index contributed by atoms with van der Waals surface area (Å²) in [6.07, 6.45) is -0.643. The van der Waals surface area contributed by atoms with Crippen LogP contribution in [0.3, 0.4) is 0 Å². The van der Waals surface area contributed by atoms with Gasteiger partial charge in [-0.05, 0) is 53.9 Å². The summed E-state index contributed by atoms with van der Waals surface area (Å²) in [5.74, 6) is 0.137. The van der Waals surface area contributed by atoms with Gasteiger partial charge in [0.05, 0.1) is 10.6 Å². The number of benzene rings is 1. The smallest absolute Gasteiger partial charge is 0.135 e. The Labute approximate surface area is 86.3 Å². The minimum absolute atomic E-state index is 0.137. The van der Waals surface area contributed by atoms with E-state index >= 15 is 0 Å². The van der Waals surface area contributed by atoms with E-state index < -0.39 is 6.10 Å². The predicted octanol–water partition coefficient (Wildman–Crippen LogP) is 2.82. The lowest BCUT2D eigenvalue weighted by Crippen LogP contribution is -1.95. The Kier molecular flexibility index (Phi) is 2.98. The van der Waals surface area contributed by atoms with Crippen molar-refractivity contribution >= 4 is 15.9 Å². The molecule has 0 aliphatic carbocycles. The standard InChI is InChI=1S/C10H13BrO2/c1-5-4-8(7(3)12)10(13)9(11)6(5)2/h4,7,12-13H,1-3H3. The van der Waals surface area contributed by atoms with Gasteiger partial charge >= 0.3 is 0 Å². The van der Waals surface area contributed by atoms with E-state index in [1.165, 1.54) is 0 Å². The van der Waals surface area contributed by atoms with Gasteiger partial charge in [0, 0.05) is 5.56 Å². The zero-order chi connectivity index (χ0) is 10.2. The lowest BCUT2D eigenvalue weighted by Gasteiger charge is -2.13. The molecule has 2 N–H and O–H groups in total.